The molecule has 0 amide bonds. The molecule has 82 valence electrons. The zero-order valence-corrected chi connectivity index (χ0v) is 10.6. The normalized spacial score (nSPS) is 10.1. The van der Waals surface area contributed by atoms with Crippen LogP contribution in [0.1, 0.15) is 11.1 Å². The zero-order chi connectivity index (χ0) is 11.4. The van der Waals surface area contributed by atoms with Crippen LogP contribution in [0.4, 0.5) is 0 Å². The van der Waals surface area contributed by atoms with Gasteiger partial charge in [0, 0.05) is 11.6 Å². The summed E-state index contributed by atoms with van der Waals surface area (Å²) < 4.78 is 10.9. The first-order chi connectivity index (χ1) is 7.04. The van der Waals surface area contributed by atoms with Gasteiger partial charge in [-0.1, -0.05) is 15.9 Å². The molecule has 0 saturated carbocycles. The van der Waals surface area contributed by atoms with Crippen LogP contribution in [0.3, 0.4) is 0 Å². The zero-order valence-electron chi connectivity index (χ0n) is 8.96. The Morgan fingerprint density at radius 2 is 1.87 bits per heavy atom. The lowest BCUT2D eigenvalue weighted by molar-refractivity contribution is -0.138. The third kappa shape index (κ3) is 3.32. The van der Waals surface area contributed by atoms with Crippen molar-refractivity contribution in [1.29, 1.82) is 0 Å². The Kier molecular flexibility index (Phi) is 4.29. The van der Waals surface area contributed by atoms with Crippen molar-refractivity contribution in [3.8, 4) is 5.75 Å². The van der Waals surface area contributed by atoms with Crippen LogP contribution >= 0.6 is 15.9 Å². The van der Waals surface area contributed by atoms with E-state index in [0.717, 1.165) is 15.6 Å². The first kappa shape index (κ1) is 12.2. The predicted octanol–water partition coefficient (Wildman–Crippen LogP) is 2.62. The summed E-state index contributed by atoms with van der Waals surface area (Å²) in [6.45, 7) is 3.76. The smallest absolute Gasteiger partial charge is 0.337 e. The van der Waals surface area contributed by atoms with Gasteiger partial charge in [-0.25, -0.2) is 4.79 Å². The van der Waals surface area contributed by atoms with Crippen LogP contribution in [0, 0.1) is 13.8 Å². The van der Waals surface area contributed by atoms with E-state index in [1.165, 1.54) is 7.11 Å². The lowest BCUT2D eigenvalue weighted by Gasteiger charge is -2.10. The maximum absolute atomic E-state index is 11.2. The summed E-state index contributed by atoms with van der Waals surface area (Å²) in [5.74, 6) is 0.228. The number of halogens is 1. The van der Waals surface area contributed by atoms with Crippen molar-refractivity contribution in [2.75, 3.05) is 13.7 Å². The maximum Gasteiger partial charge on any atom is 0.337 e. The van der Waals surface area contributed by atoms with Crippen LogP contribution in [-0.2, 0) is 9.53 Å². The number of carbonyl (C=O) groups excluding carboxylic acids is 1. The molecule has 15 heavy (non-hydrogen) atoms. The Morgan fingerprint density at radius 1 is 1.33 bits per heavy atom. The van der Waals surface area contributed by atoms with Gasteiger partial charge >= 0.3 is 5.97 Å². The van der Waals surface area contributed by atoms with Crippen LogP contribution in [0.5, 0.6) is 5.75 Å². The molecule has 0 aromatic heterocycles. The Balaban J connectivity index is 2.90. The van der Waals surface area contributed by atoms with Crippen molar-refractivity contribution >= 4 is 21.9 Å². The fourth-order valence-corrected chi connectivity index (χ4v) is 2.01. The third-order valence-electron chi connectivity index (χ3n) is 1.90. The van der Waals surface area contributed by atoms with Gasteiger partial charge in [-0.05, 0) is 37.1 Å². The SMILES string of the molecule is COCC(=O)Oc1c(C)cc(Br)cc1C. The molecule has 0 unspecified atom stereocenters. The van der Waals surface area contributed by atoms with Crippen molar-refractivity contribution in [2.45, 2.75) is 13.8 Å². The number of hydrogen-bond donors (Lipinski definition) is 0. The first-order valence-electron chi connectivity index (χ1n) is 4.51. The van der Waals surface area contributed by atoms with E-state index in [2.05, 4.69) is 15.9 Å². The molecule has 3 nitrogen and oxygen atoms in total. The number of rotatable bonds is 3. The van der Waals surface area contributed by atoms with Crippen LogP contribution in [0.15, 0.2) is 16.6 Å². The quantitative estimate of drug-likeness (QED) is 0.627. The summed E-state index contributed by atoms with van der Waals surface area (Å²) in [5, 5.41) is 0. The van der Waals surface area contributed by atoms with Gasteiger partial charge in [-0.2, -0.15) is 0 Å². The minimum Gasteiger partial charge on any atom is -0.424 e. The van der Waals surface area contributed by atoms with E-state index >= 15 is 0 Å². The number of aryl methyl sites for hydroxylation is 2. The average molecular weight is 273 g/mol. The van der Waals surface area contributed by atoms with Crippen LogP contribution in [0.2, 0.25) is 0 Å². The van der Waals surface area contributed by atoms with Crippen molar-refractivity contribution in [1.82, 2.24) is 0 Å². The predicted molar refractivity (Wildman–Crippen MR) is 61.1 cm³/mol. The number of hydrogen-bond acceptors (Lipinski definition) is 3. The lowest BCUT2D eigenvalue weighted by atomic mass is 10.1. The second-order valence-corrected chi connectivity index (χ2v) is 4.19. The minimum absolute atomic E-state index is 0.0328. The highest BCUT2D eigenvalue weighted by Gasteiger charge is 2.10. The van der Waals surface area contributed by atoms with E-state index in [-0.39, 0.29) is 12.6 Å². The third-order valence-corrected chi connectivity index (χ3v) is 2.36. The Morgan fingerprint density at radius 3 is 2.33 bits per heavy atom. The molecule has 0 heterocycles. The van der Waals surface area contributed by atoms with E-state index in [1.54, 1.807) is 0 Å². The molecular weight excluding hydrogens is 260 g/mol. The molecule has 0 bridgehead atoms. The van der Waals surface area contributed by atoms with E-state index in [9.17, 15) is 4.79 Å². The molecule has 4 heteroatoms. The van der Waals surface area contributed by atoms with E-state index in [1.807, 2.05) is 26.0 Å². The molecule has 1 aromatic carbocycles. The number of carbonyl (C=O) groups is 1. The van der Waals surface area contributed by atoms with Gasteiger partial charge < -0.3 is 9.47 Å². The number of esters is 1. The molecule has 0 aliphatic carbocycles. The molecule has 1 aromatic rings. The molecule has 0 fully saturated rings. The highest BCUT2D eigenvalue weighted by atomic mass is 79.9. The van der Waals surface area contributed by atoms with E-state index in [0.29, 0.717) is 5.75 Å². The molecule has 0 aliphatic heterocycles. The van der Waals surface area contributed by atoms with Crippen LogP contribution < -0.4 is 4.74 Å². The molecule has 0 saturated heterocycles. The van der Waals surface area contributed by atoms with Crippen LogP contribution in [-0.4, -0.2) is 19.7 Å². The molecular formula is C11H13BrO3. The summed E-state index contributed by atoms with van der Waals surface area (Å²) >= 11 is 3.38. The fraction of sp³-hybridized carbons (Fsp3) is 0.364. The molecule has 1 rings (SSSR count). The van der Waals surface area contributed by atoms with Gasteiger partial charge in [0.15, 0.2) is 0 Å². The second-order valence-electron chi connectivity index (χ2n) is 3.28. The van der Waals surface area contributed by atoms with Crippen LogP contribution in [0.25, 0.3) is 0 Å². The molecule has 0 atom stereocenters. The number of ether oxygens (including phenoxy) is 2. The summed E-state index contributed by atoms with van der Waals surface area (Å²) in [6.07, 6.45) is 0. The van der Waals surface area contributed by atoms with Gasteiger partial charge in [0.1, 0.15) is 12.4 Å². The fourth-order valence-electron chi connectivity index (χ4n) is 1.32. The van der Waals surface area contributed by atoms with E-state index in [4.69, 9.17) is 9.47 Å². The maximum atomic E-state index is 11.2. The second kappa shape index (κ2) is 5.28. The average Bonchev–Trinajstić information content (AvgIpc) is 2.11. The van der Waals surface area contributed by atoms with Crippen molar-refractivity contribution < 1.29 is 14.3 Å². The molecule has 0 spiro atoms. The van der Waals surface area contributed by atoms with Crippen molar-refractivity contribution in [3.05, 3.63) is 27.7 Å². The standard InChI is InChI=1S/C11H13BrO3/c1-7-4-9(12)5-8(2)11(7)15-10(13)6-14-3/h4-5H,6H2,1-3H3. The molecule has 0 aliphatic rings. The molecule has 0 N–H and O–H groups in total. The summed E-state index contributed by atoms with van der Waals surface area (Å²) in [6, 6.07) is 3.81. The number of methoxy groups -OCH3 is 1. The largest absolute Gasteiger partial charge is 0.424 e. The van der Waals surface area contributed by atoms with Crippen molar-refractivity contribution in [2.24, 2.45) is 0 Å². The van der Waals surface area contributed by atoms with Crippen molar-refractivity contribution in [3.63, 3.8) is 0 Å². The summed E-state index contributed by atoms with van der Waals surface area (Å²) in [5.41, 5.74) is 1.85. The number of benzene rings is 1. The van der Waals surface area contributed by atoms with Gasteiger partial charge in [0.2, 0.25) is 0 Å². The highest BCUT2D eigenvalue weighted by Crippen LogP contribution is 2.27. The minimum atomic E-state index is -0.383. The van der Waals surface area contributed by atoms with Gasteiger partial charge in [0.25, 0.3) is 0 Å². The summed E-state index contributed by atoms with van der Waals surface area (Å²) in [4.78, 5) is 11.2. The lowest BCUT2D eigenvalue weighted by Crippen LogP contribution is -2.15. The topological polar surface area (TPSA) is 35.5 Å². The van der Waals surface area contributed by atoms with E-state index < -0.39 is 0 Å². The molecule has 0 radical (unpaired) electrons. The Hall–Kier alpha value is -0.870. The Bertz CT molecular complexity index is 351. The van der Waals surface area contributed by atoms with Gasteiger partial charge in [-0.15, -0.1) is 0 Å². The first-order valence-corrected chi connectivity index (χ1v) is 5.30. The summed E-state index contributed by atoms with van der Waals surface area (Å²) in [7, 11) is 1.46. The Labute approximate surface area is 97.5 Å². The highest BCUT2D eigenvalue weighted by molar-refractivity contribution is 9.10. The monoisotopic (exact) mass is 272 g/mol. The van der Waals surface area contributed by atoms with Gasteiger partial charge in [0.05, 0.1) is 0 Å². The van der Waals surface area contributed by atoms with Gasteiger partial charge in [-0.3, -0.25) is 0 Å².